The number of amides is 2. The van der Waals surface area contributed by atoms with Crippen molar-refractivity contribution in [1.29, 1.82) is 0 Å². The number of hydrogen-bond donors (Lipinski definition) is 3. The van der Waals surface area contributed by atoms with Crippen LogP contribution in [0.1, 0.15) is 5.69 Å². The van der Waals surface area contributed by atoms with E-state index in [1.54, 1.807) is 24.4 Å². The van der Waals surface area contributed by atoms with Gasteiger partial charge < -0.3 is 10.6 Å². The molecular weight excluding hydrogens is 223 g/mol. The minimum absolute atomic E-state index is 0.148. The molecule has 0 atom stereocenters. The van der Waals surface area contributed by atoms with Gasteiger partial charge in [0.1, 0.15) is 5.82 Å². The fraction of sp³-hybridized carbons (Fsp3) is 0.0909. The minimum Gasteiger partial charge on any atom is -0.332 e. The maximum Gasteiger partial charge on any atom is 0.319 e. The average Bonchev–Trinajstić information content (AvgIpc) is 2.82. The molecule has 0 radical (unpaired) electrons. The predicted molar refractivity (Wildman–Crippen MR) is 60.8 cm³/mol. The van der Waals surface area contributed by atoms with Crippen LogP contribution in [0.3, 0.4) is 0 Å². The third-order valence-corrected chi connectivity index (χ3v) is 2.12. The fourth-order valence-electron chi connectivity index (χ4n) is 1.29. The van der Waals surface area contributed by atoms with E-state index in [2.05, 4.69) is 20.8 Å². The Morgan fingerprint density at radius 2 is 2.18 bits per heavy atom. The number of H-pyrrole nitrogens is 1. The highest BCUT2D eigenvalue weighted by Crippen LogP contribution is 2.11. The molecule has 5 nitrogen and oxygen atoms in total. The number of carbonyl (C=O) groups is 1. The van der Waals surface area contributed by atoms with E-state index in [9.17, 15) is 9.18 Å². The average molecular weight is 234 g/mol. The summed E-state index contributed by atoms with van der Waals surface area (Å²) >= 11 is 0. The van der Waals surface area contributed by atoms with E-state index in [0.29, 0.717) is 6.54 Å². The van der Waals surface area contributed by atoms with E-state index in [0.717, 1.165) is 5.69 Å². The monoisotopic (exact) mass is 234 g/mol. The quantitative estimate of drug-likeness (QED) is 0.758. The van der Waals surface area contributed by atoms with Crippen LogP contribution in [0, 0.1) is 5.82 Å². The van der Waals surface area contributed by atoms with Crippen molar-refractivity contribution < 1.29 is 9.18 Å². The zero-order chi connectivity index (χ0) is 12.1. The number of benzene rings is 1. The molecule has 0 saturated heterocycles. The molecule has 1 heterocycles. The maximum absolute atomic E-state index is 13.2. The predicted octanol–water partition coefficient (Wildman–Crippen LogP) is 1.87. The number of urea groups is 1. The van der Waals surface area contributed by atoms with E-state index in [4.69, 9.17) is 0 Å². The largest absolute Gasteiger partial charge is 0.332 e. The summed E-state index contributed by atoms with van der Waals surface area (Å²) in [5, 5.41) is 11.4. The van der Waals surface area contributed by atoms with Crippen molar-refractivity contribution in [3.05, 3.63) is 48.0 Å². The molecule has 2 amide bonds. The van der Waals surface area contributed by atoms with Crippen molar-refractivity contribution in [3.8, 4) is 0 Å². The van der Waals surface area contributed by atoms with Crippen molar-refractivity contribution in [2.45, 2.75) is 6.54 Å². The van der Waals surface area contributed by atoms with Gasteiger partial charge in [-0.15, -0.1) is 0 Å². The van der Waals surface area contributed by atoms with Crippen molar-refractivity contribution >= 4 is 11.7 Å². The molecule has 2 aromatic rings. The standard InChI is InChI=1S/C11H11FN4O/c12-9-3-1-2-4-10(9)15-11(17)13-7-8-5-6-14-16-8/h1-6H,7H2,(H,14,16)(H2,13,15,17). The Hall–Kier alpha value is -2.37. The van der Waals surface area contributed by atoms with E-state index in [-0.39, 0.29) is 5.69 Å². The van der Waals surface area contributed by atoms with Crippen LogP contribution in [0.25, 0.3) is 0 Å². The molecule has 2 rings (SSSR count). The minimum atomic E-state index is -0.468. The van der Waals surface area contributed by atoms with Crippen LogP contribution in [-0.2, 0) is 6.54 Å². The summed E-state index contributed by atoms with van der Waals surface area (Å²) < 4.78 is 13.2. The summed E-state index contributed by atoms with van der Waals surface area (Å²) in [5.41, 5.74) is 0.920. The van der Waals surface area contributed by atoms with E-state index < -0.39 is 11.8 Å². The first-order valence-electron chi connectivity index (χ1n) is 5.03. The van der Waals surface area contributed by atoms with Gasteiger partial charge in [-0.25, -0.2) is 9.18 Å². The third-order valence-electron chi connectivity index (χ3n) is 2.12. The fourth-order valence-corrected chi connectivity index (χ4v) is 1.29. The van der Waals surface area contributed by atoms with Crippen LogP contribution < -0.4 is 10.6 Å². The highest BCUT2D eigenvalue weighted by molar-refractivity contribution is 5.89. The third kappa shape index (κ3) is 3.04. The summed E-state index contributed by atoms with van der Waals surface area (Å²) in [4.78, 5) is 11.4. The molecule has 0 bridgehead atoms. The topological polar surface area (TPSA) is 69.8 Å². The van der Waals surface area contributed by atoms with Crippen LogP contribution in [0.15, 0.2) is 36.5 Å². The molecule has 0 saturated carbocycles. The smallest absolute Gasteiger partial charge is 0.319 e. The molecule has 0 aliphatic rings. The second-order valence-electron chi connectivity index (χ2n) is 3.37. The number of anilines is 1. The van der Waals surface area contributed by atoms with Gasteiger partial charge in [0, 0.05) is 6.20 Å². The Morgan fingerprint density at radius 3 is 2.88 bits per heavy atom. The summed E-state index contributed by atoms with van der Waals surface area (Å²) in [6, 6.07) is 7.25. The molecule has 3 N–H and O–H groups in total. The number of aromatic nitrogens is 2. The lowest BCUT2D eigenvalue weighted by Gasteiger charge is -2.07. The molecule has 0 aliphatic heterocycles. The van der Waals surface area contributed by atoms with Crippen LogP contribution in [0.2, 0.25) is 0 Å². The maximum atomic E-state index is 13.2. The van der Waals surface area contributed by atoms with Crippen LogP contribution in [0.5, 0.6) is 0 Å². The van der Waals surface area contributed by atoms with Crippen molar-refractivity contribution in [2.75, 3.05) is 5.32 Å². The normalized spacial score (nSPS) is 9.94. The zero-order valence-corrected chi connectivity index (χ0v) is 8.90. The first kappa shape index (κ1) is 11.1. The molecule has 1 aromatic heterocycles. The molecule has 6 heteroatoms. The first-order valence-corrected chi connectivity index (χ1v) is 5.03. The van der Waals surface area contributed by atoms with Crippen molar-refractivity contribution in [3.63, 3.8) is 0 Å². The van der Waals surface area contributed by atoms with Gasteiger partial charge >= 0.3 is 6.03 Å². The van der Waals surface area contributed by atoms with E-state index >= 15 is 0 Å². The van der Waals surface area contributed by atoms with Gasteiger partial charge in [0.05, 0.1) is 17.9 Å². The highest BCUT2D eigenvalue weighted by Gasteiger charge is 2.05. The SMILES string of the molecule is O=C(NCc1ccn[nH]1)Nc1ccccc1F. The van der Waals surface area contributed by atoms with E-state index in [1.165, 1.54) is 12.1 Å². The van der Waals surface area contributed by atoms with Gasteiger partial charge in [-0.1, -0.05) is 12.1 Å². The molecule has 88 valence electrons. The lowest BCUT2D eigenvalue weighted by atomic mass is 10.3. The van der Waals surface area contributed by atoms with Gasteiger partial charge in [0.2, 0.25) is 0 Å². The van der Waals surface area contributed by atoms with Gasteiger partial charge in [0.15, 0.2) is 0 Å². The van der Waals surface area contributed by atoms with Gasteiger partial charge in [0.25, 0.3) is 0 Å². The Bertz CT molecular complexity index is 498. The summed E-state index contributed by atoms with van der Waals surface area (Å²) in [5.74, 6) is -0.468. The number of carbonyl (C=O) groups excluding carboxylic acids is 1. The second-order valence-corrected chi connectivity index (χ2v) is 3.37. The second kappa shape index (κ2) is 5.11. The Kier molecular flexibility index (Phi) is 3.34. The van der Waals surface area contributed by atoms with Crippen LogP contribution >= 0.6 is 0 Å². The lowest BCUT2D eigenvalue weighted by Crippen LogP contribution is -2.28. The molecule has 0 fully saturated rings. The summed E-state index contributed by atoms with van der Waals surface area (Å²) in [7, 11) is 0. The lowest BCUT2D eigenvalue weighted by molar-refractivity contribution is 0.251. The molecule has 17 heavy (non-hydrogen) atoms. The Labute approximate surface area is 97.0 Å². The van der Waals surface area contributed by atoms with Gasteiger partial charge in [-0.2, -0.15) is 5.10 Å². The summed E-state index contributed by atoms with van der Waals surface area (Å²) in [6.45, 7) is 0.306. The first-order chi connectivity index (χ1) is 8.25. The molecule has 0 unspecified atom stereocenters. The van der Waals surface area contributed by atoms with Crippen LogP contribution in [-0.4, -0.2) is 16.2 Å². The van der Waals surface area contributed by atoms with Gasteiger partial charge in [-0.05, 0) is 18.2 Å². The summed E-state index contributed by atoms with van der Waals surface area (Å²) in [6.07, 6.45) is 1.59. The van der Waals surface area contributed by atoms with Crippen molar-refractivity contribution in [1.82, 2.24) is 15.5 Å². The number of halogens is 1. The number of nitrogens with zero attached hydrogens (tertiary/aromatic N) is 1. The molecule has 1 aromatic carbocycles. The van der Waals surface area contributed by atoms with Crippen LogP contribution in [0.4, 0.5) is 14.9 Å². The van der Waals surface area contributed by atoms with Crippen molar-refractivity contribution in [2.24, 2.45) is 0 Å². The van der Waals surface area contributed by atoms with Gasteiger partial charge in [-0.3, -0.25) is 5.10 Å². The zero-order valence-electron chi connectivity index (χ0n) is 8.90. The van der Waals surface area contributed by atoms with E-state index in [1.807, 2.05) is 0 Å². The molecule has 0 aliphatic carbocycles. The number of rotatable bonds is 3. The molecule has 0 spiro atoms. The highest BCUT2D eigenvalue weighted by atomic mass is 19.1. The number of nitrogens with one attached hydrogen (secondary N) is 3. The Balaban J connectivity index is 1.87. The molecular formula is C11H11FN4O. The number of hydrogen-bond acceptors (Lipinski definition) is 2. The number of para-hydroxylation sites is 1. The Morgan fingerprint density at radius 1 is 1.35 bits per heavy atom. The number of aromatic amines is 1.